The molecule has 0 fully saturated rings. The van der Waals surface area contributed by atoms with Gasteiger partial charge < -0.3 is 14.9 Å². The van der Waals surface area contributed by atoms with Gasteiger partial charge in [-0.25, -0.2) is 0 Å². The summed E-state index contributed by atoms with van der Waals surface area (Å²) in [6.45, 7) is 2.55. The number of benzene rings is 2. The van der Waals surface area contributed by atoms with Gasteiger partial charge in [0.2, 0.25) is 5.76 Å². The van der Waals surface area contributed by atoms with Crippen LogP contribution >= 0.6 is 0 Å². The average molecular weight is 336 g/mol. The second kappa shape index (κ2) is 7.77. The van der Waals surface area contributed by atoms with Crippen molar-refractivity contribution >= 4 is 5.91 Å². The second-order valence-electron chi connectivity index (χ2n) is 5.92. The fourth-order valence-corrected chi connectivity index (χ4v) is 2.46. The van der Waals surface area contributed by atoms with Gasteiger partial charge in [0, 0.05) is 18.2 Å². The number of hydrogen-bond acceptors (Lipinski definition) is 4. The minimum Gasteiger partial charge on any atom is -0.392 e. The second-order valence-corrected chi connectivity index (χ2v) is 5.92. The molecule has 1 amide bonds. The highest BCUT2D eigenvalue weighted by Gasteiger charge is 2.13. The number of nitrogens with one attached hydrogen (secondary N) is 1. The number of amides is 1. The van der Waals surface area contributed by atoms with Crippen LogP contribution in [0, 0.1) is 6.92 Å². The van der Waals surface area contributed by atoms with Gasteiger partial charge in [-0.1, -0.05) is 59.3 Å². The number of aliphatic hydroxyl groups is 1. The van der Waals surface area contributed by atoms with E-state index in [-0.39, 0.29) is 18.3 Å². The summed E-state index contributed by atoms with van der Waals surface area (Å²) < 4.78 is 5.15. The van der Waals surface area contributed by atoms with Gasteiger partial charge in [0.1, 0.15) is 5.69 Å². The molecule has 0 saturated heterocycles. The molecule has 0 atom stereocenters. The van der Waals surface area contributed by atoms with Crippen LogP contribution in [0.1, 0.15) is 27.2 Å². The number of carbonyl (C=O) groups is 1. The number of aromatic nitrogens is 1. The molecule has 1 heterocycles. The first-order valence-corrected chi connectivity index (χ1v) is 8.16. The van der Waals surface area contributed by atoms with Crippen molar-refractivity contribution in [2.75, 3.05) is 6.54 Å². The molecule has 0 spiro atoms. The first-order valence-electron chi connectivity index (χ1n) is 8.16. The van der Waals surface area contributed by atoms with Crippen molar-refractivity contribution in [2.24, 2.45) is 0 Å². The zero-order chi connectivity index (χ0) is 17.6. The summed E-state index contributed by atoms with van der Waals surface area (Å²) in [6, 6.07) is 17.2. The summed E-state index contributed by atoms with van der Waals surface area (Å²) in [5.74, 6) is -0.0796. The lowest BCUT2D eigenvalue weighted by Gasteiger charge is -2.04. The Bertz CT molecular complexity index is 836. The predicted molar refractivity (Wildman–Crippen MR) is 95.1 cm³/mol. The number of carbonyl (C=O) groups excluding carboxylic acids is 1. The van der Waals surface area contributed by atoms with Crippen molar-refractivity contribution in [3.8, 4) is 11.3 Å². The minimum absolute atomic E-state index is 0.0336. The SMILES string of the molecule is Cc1ccc(-c2cc(C(=O)NCCc3ccc(CO)cc3)on2)cc1. The Hall–Kier alpha value is -2.92. The van der Waals surface area contributed by atoms with E-state index < -0.39 is 0 Å². The maximum Gasteiger partial charge on any atom is 0.289 e. The van der Waals surface area contributed by atoms with E-state index in [4.69, 9.17) is 9.63 Å². The van der Waals surface area contributed by atoms with Gasteiger partial charge in [0.25, 0.3) is 5.91 Å². The van der Waals surface area contributed by atoms with Crippen molar-refractivity contribution in [1.29, 1.82) is 0 Å². The van der Waals surface area contributed by atoms with Crippen molar-refractivity contribution in [3.05, 3.63) is 77.0 Å². The van der Waals surface area contributed by atoms with Crippen LogP contribution in [0.4, 0.5) is 0 Å². The van der Waals surface area contributed by atoms with Crippen molar-refractivity contribution < 1.29 is 14.4 Å². The molecule has 5 heteroatoms. The summed E-state index contributed by atoms with van der Waals surface area (Å²) in [5, 5.41) is 15.8. The van der Waals surface area contributed by atoms with Gasteiger partial charge in [0.15, 0.2) is 0 Å². The summed E-state index contributed by atoms with van der Waals surface area (Å²) >= 11 is 0. The van der Waals surface area contributed by atoms with Crippen molar-refractivity contribution in [1.82, 2.24) is 10.5 Å². The van der Waals surface area contributed by atoms with Crippen molar-refractivity contribution in [2.45, 2.75) is 20.0 Å². The number of rotatable bonds is 6. The Labute approximate surface area is 146 Å². The molecule has 0 unspecified atom stereocenters. The summed E-state index contributed by atoms with van der Waals surface area (Å²) in [7, 11) is 0. The molecule has 3 rings (SSSR count). The molecule has 128 valence electrons. The topological polar surface area (TPSA) is 75.4 Å². The third kappa shape index (κ3) is 4.33. The summed E-state index contributed by atoms with van der Waals surface area (Å²) in [5.41, 5.74) is 4.69. The lowest BCUT2D eigenvalue weighted by Crippen LogP contribution is -2.25. The van der Waals surface area contributed by atoms with Crippen LogP contribution in [0.2, 0.25) is 0 Å². The van der Waals surface area contributed by atoms with Crippen molar-refractivity contribution in [3.63, 3.8) is 0 Å². The van der Waals surface area contributed by atoms with E-state index in [1.807, 2.05) is 55.5 Å². The highest BCUT2D eigenvalue weighted by molar-refractivity contribution is 5.92. The first kappa shape index (κ1) is 16.9. The quantitative estimate of drug-likeness (QED) is 0.725. The molecule has 5 nitrogen and oxygen atoms in total. The summed E-state index contributed by atoms with van der Waals surface area (Å²) in [4.78, 5) is 12.2. The van der Waals surface area contributed by atoms with Gasteiger partial charge >= 0.3 is 0 Å². The van der Waals surface area contributed by atoms with Crippen LogP contribution in [0.5, 0.6) is 0 Å². The van der Waals surface area contributed by atoms with Crippen LogP contribution in [0.15, 0.2) is 59.1 Å². The molecular formula is C20H20N2O3. The number of hydrogen-bond donors (Lipinski definition) is 2. The van der Waals surface area contributed by atoms with Gasteiger partial charge in [-0.15, -0.1) is 0 Å². The molecule has 0 aliphatic heterocycles. The number of aryl methyl sites for hydroxylation is 1. The zero-order valence-corrected chi connectivity index (χ0v) is 14.0. The van der Waals surface area contributed by atoms with E-state index in [2.05, 4.69) is 10.5 Å². The Kier molecular flexibility index (Phi) is 5.26. The molecule has 0 aliphatic rings. The molecule has 0 bridgehead atoms. The molecule has 3 aromatic rings. The fraction of sp³-hybridized carbons (Fsp3) is 0.200. The van der Waals surface area contributed by atoms with Crippen LogP contribution < -0.4 is 5.32 Å². The van der Waals surface area contributed by atoms with E-state index in [9.17, 15) is 4.79 Å². The third-order valence-electron chi connectivity index (χ3n) is 3.99. The molecule has 2 N–H and O–H groups in total. The number of nitrogens with zero attached hydrogens (tertiary/aromatic N) is 1. The van der Waals surface area contributed by atoms with E-state index in [1.54, 1.807) is 6.07 Å². The predicted octanol–water partition coefficient (Wildman–Crippen LogP) is 3.11. The first-order chi connectivity index (χ1) is 12.2. The standard InChI is InChI=1S/C20H20N2O3/c1-14-2-8-17(9-3-14)18-12-19(25-22-18)20(24)21-11-10-15-4-6-16(13-23)7-5-15/h2-9,12,23H,10-11,13H2,1H3,(H,21,24). The van der Waals surface area contributed by atoms with Crippen LogP contribution in [0.3, 0.4) is 0 Å². The smallest absolute Gasteiger partial charge is 0.289 e. The largest absolute Gasteiger partial charge is 0.392 e. The Morgan fingerprint density at radius 2 is 1.76 bits per heavy atom. The van der Waals surface area contributed by atoms with E-state index in [1.165, 1.54) is 0 Å². The molecular weight excluding hydrogens is 316 g/mol. The average Bonchev–Trinajstić information content (AvgIpc) is 3.13. The monoisotopic (exact) mass is 336 g/mol. The van der Waals surface area contributed by atoms with E-state index >= 15 is 0 Å². The Morgan fingerprint density at radius 1 is 1.08 bits per heavy atom. The normalized spacial score (nSPS) is 10.6. The summed E-state index contributed by atoms with van der Waals surface area (Å²) in [6.07, 6.45) is 0.705. The lowest BCUT2D eigenvalue weighted by molar-refractivity contribution is 0.0917. The fourth-order valence-electron chi connectivity index (χ4n) is 2.46. The van der Waals surface area contributed by atoms with Gasteiger partial charge in [-0.2, -0.15) is 0 Å². The van der Waals surface area contributed by atoms with Crippen LogP contribution in [-0.2, 0) is 13.0 Å². The molecule has 2 aromatic carbocycles. The van der Waals surface area contributed by atoms with Gasteiger partial charge in [-0.05, 0) is 24.5 Å². The van der Waals surface area contributed by atoms with Crippen LogP contribution in [-0.4, -0.2) is 22.7 Å². The van der Waals surface area contributed by atoms with E-state index in [0.29, 0.717) is 18.7 Å². The highest BCUT2D eigenvalue weighted by atomic mass is 16.5. The van der Waals surface area contributed by atoms with Crippen LogP contribution in [0.25, 0.3) is 11.3 Å². The highest BCUT2D eigenvalue weighted by Crippen LogP contribution is 2.19. The molecule has 25 heavy (non-hydrogen) atoms. The molecule has 0 radical (unpaired) electrons. The molecule has 0 saturated carbocycles. The minimum atomic E-state index is -0.280. The maximum atomic E-state index is 12.2. The Balaban J connectivity index is 1.55. The van der Waals surface area contributed by atoms with Gasteiger partial charge in [0.05, 0.1) is 6.61 Å². The third-order valence-corrected chi connectivity index (χ3v) is 3.99. The zero-order valence-electron chi connectivity index (χ0n) is 14.0. The molecule has 1 aromatic heterocycles. The van der Waals surface area contributed by atoms with Gasteiger partial charge in [-0.3, -0.25) is 4.79 Å². The Morgan fingerprint density at radius 3 is 2.44 bits per heavy atom. The number of aliphatic hydroxyl groups excluding tert-OH is 1. The molecule has 0 aliphatic carbocycles. The van der Waals surface area contributed by atoms with E-state index in [0.717, 1.165) is 22.3 Å². The maximum absolute atomic E-state index is 12.2. The lowest BCUT2D eigenvalue weighted by atomic mass is 10.1.